The largest absolute Gasteiger partial charge is 0.378 e. The summed E-state index contributed by atoms with van der Waals surface area (Å²) in [5, 5.41) is 2.79. The number of hydrogen-bond acceptors (Lipinski definition) is 5. The van der Waals surface area contributed by atoms with Crippen LogP contribution in [0, 0.1) is 0 Å². The van der Waals surface area contributed by atoms with Crippen LogP contribution in [0.2, 0.25) is 0 Å². The number of carbonyl (C=O) groups is 2. The molecule has 0 unspecified atom stereocenters. The Kier molecular flexibility index (Phi) is 6.44. The van der Waals surface area contributed by atoms with Crippen molar-refractivity contribution >= 4 is 23.2 Å². The number of ether oxygens (including phenoxy) is 1. The smallest absolute Gasteiger partial charge is 0.250 e. The van der Waals surface area contributed by atoms with Gasteiger partial charge >= 0.3 is 0 Å². The molecule has 1 saturated heterocycles. The Labute approximate surface area is 163 Å². The highest BCUT2D eigenvalue weighted by atomic mass is 16.5. The molecule has 1 fully saturated rings. The van der Waals surface area contributed by atoms with Crippen LogP contribution in [-0.2, 0) is 20.9 Å². The van der Waals surface area contributed by atoms with Crippen LogP contribution in [-0.4, -0.2) is 61.2 Å². The van der Waals surface area contributed by atoms with Gasteiger partial charge in [-0.1, -0.05) is 6.07 Å². The topological polar surface area (TPSA) is 83.9 Å². The number of rotatable bonds is 6. The molecule has 1 N–H and O–H groups in total. The predicted octanol–water partition coefficient (Wildman–Crippen LogP) is 0.782. The molecule has 8 nitrogen and oxygen atoms in total. The third-order valence-electron chi connectivity index (χ3n) is 4.54. The number of aromatic nitrogens is 1. The van der Waals surface area contributed by atoms with Crippen molar-refractivity contribution in [2.75, 3.05) is 50.1 Å². The van der Waals surface area contributed by atoms with Gasteiger partial charge in [0.2, 0.25) is 11.8 Å². The monoisotopic (exact) mass is 384 g/mol. The molecule has 0 spiro atoms. The van der Waals surface area contributed by atoms with Gasteiger partial charge in [0.05, 0.1) is 19.8 Å². The average molecular weight is 384 g/mol. The van der Waals surface area contributed by atoms with Crippen molar-refractivity contribution in [3.63, 3.8) is 0 Å². The van der Waals surface area contributed by atoms with E-state index in [1.165, 1.54) is 22.6 Å². The highest BCUT2D eigenvalue weighted by Gasteiger charge is 2.15. The molecule has 0 radical (unpaired) electrons. The Morgan fingerprint density at radius 1 is 1.11 bits per heavy atom. The summed E-state index contributed by atoms with van der Waals surface area (Å²) in [4.78, 5) is 39.7. The van der Waals surface area contributed by atoms with Crippen LogP contribution >= 0.6 is 0 Å². The lowest BCUT2D eigenvalue weighted by Gasteiger charge is -2.28. The average Bonchev–Trinajstić information content (AvgIpc) is 2.71. The third-order valence-corrected chi connectivity index (χ3v) is 4.54. The fourth-order valence-corrected chi connectivity index (χ4v) is 2.94. The number of nitrogens with one attached hydrogen (secondary N) is 1. The van der Waals surface area contributed by atoms with E-state index in [4.69, 9.17) is 4.74 Å². The first kappa shape index (κ1) is 19.6. The summed E-state index contributed by atoms with van der Waals surface area (Å²) in [5.74, 6) is -0.610. The molecule has 1 aliphatic heterocycles. The first-order valence-corrected chi connectivity index (χ1v) is 9.15. The van der Waals surface area contributed by atoms with E-state index in [9.17, 15) is 14.4 Å². The summed E-state index contributed by atoms with van der Waals surface area (Å²) in [6.45, 7) is 2.94. The van der Waals surface area contributed by atoms with Gasteiger partial charge in [-0.25, -0.2) is 0 Å². The molecule has 3 rings (SSSR count). The molecule has 8 heteroatoms. The van der Waals surface area contributed by atoms with Crippen molar-refractivity contribution in [1.82, 2.24) is 9.47 Å². The number of amides is 2. The SMILES string of the molecule is CN(CC(=O)Nc1ccc(N2CCOCC2)cc1)C(=O)Cn1ccccc1=O. The minimum atomic E-state index is -0.314. The van der Waals surface area contributed by atoms with Gasteiger partial charge in [-0.05, 0) is 30.3 Å². The first-order valence-electron chi connectivity index (χ1n) is 9.15. The Morgan fingerprint density at radius 2 is 1.82 bits per heavy atom. The zero-order chi connectivity index (χ0) is 19.9. The summed E-state index contributed by atoms with van der Waals surface area (Å²) in [6, 6.07) is 12.3. The van der Waals surface area contributed by atoms with Crippen molar-refractivity contribution in [1.29, 1.82) is 0 Å². The van der Waals surface area contributed by atoms with Gasteiger partial charge in [-0.15, -0.1) is 0 Å². The van der Waals surface area contributed by atoms with E-state index in [2.05, 4.69) is 10.2 Å². The summed E-state index contributed by atoms with van der Waals surface area (Å²) < 4.78 is 6.65. The quantitative estimate of drug-likeness (QED) is 0.796. The van der Waals surface area contributed by atoms with Crippen molar-refractivity contribution in [2.24, 2.45) is 0 Å². The predicted molar refractivity (Wildman–Crippen MR) is 106 cm³/mol. The molecule has 2 heterocycles. The maximum atomic E-state index is 12.2. The zero-order valence-electron chi connectivity index (χ0n) is 15.8. The third kappa shape index (κ3) is 5.20. The van der Waals surface area contributed by atoms with Crippen LogP contribution in [0.25, 0.3) is 0 Å². The fourth-order valence-electron chi connectivity index (χ4n) is 2.94. The molecule has 0 saturated carbocycles. The van der Waals surface area contributed by atoms with Gasteiger partial charge in [0, 0.05) is 43.8 Å². The molecule has 1 aromatic heterocycles. The van der Waals surface area contributed by atoms with E-state index >= 15 is 0 Å². The number of likely N-dealkylation sites (N-methyl/N-ethyl adjacent to an activating group) is 1. The molecular weight excluding hydrogens is 360 g/mol. The Bertz CT molecular complexity index is 872. The fraction of sp³-hybridized carbons (Fsp3) is 0.350. The minimum Gasteiger partial charge on any atom is -0.378 e. The number of nitrogens with zero attached hydrogens (tertiary/aromatic N) is 3. The highest BCUT2D eigenvalue weighted by molar-refractivity contribution is 5.94. The van der Waals surface area contributed by atoms with Crippen LogP contribution in [0.4, 0.5) is 11.4 Å². The van der Waals surface area contributed by atoms with Crippen LogP contribution < -0.4 is 15.8 Å². The van der Waals surface area contributed by atoms with Crippen LogP contribution in [0.5, 0.6) is 0 Å². The number of benzene rings is 1. The second kappa shape index (κ2) is 9.18. The van der Waals surface area contributed by atoms with Gasteiger partial charge < -0.3 is 24.4 Å². The number of hydrogen-bond donors (Lipinski definition) is 1. The molecule has 2 aromatic rings. The molecule has 2 amide bonds. The molecule has 28 heavy (non-hydrogen) atoms. The van der Waals surface area contributed by atoms with Crippen molar-refractivity contribution < 1.29 is 14.3 Å². The maximum Gasteiger partial charge on any atom is 0.250 e. The lowest BCUT2D eigenvalue weighted by molar-refractivity contribution is -0.133. The number of carbonyl (C=O) groups excluding carboxylic acids is 2. The maximum absolute atomic E-state index is 12.2. The van der Waals surface area contributed by atoms with Crippen molar-refractivity contribution in [3.8, 4) is 0 Å². The van der Waals surface area contributed by atoms with E-state index in [0.29, 0.717) is 18.9 Å². The van der Waals surface area contributed by atoms with E-state index in [0.717, 1.165) is 18.8 Å². The minimum absolute atomic E-state index is 0.0916. The lowest BCUT2D eigenvalue weighted by atomic mass is 10.2. The van der Waals surface area contributed by atoms with Gasteiger partial charge in [0.15, 0.2) is 0 Å². The van der Waals surface area contributed by atoms with E-state index in [1.54, 1.807) is 18.3 Å². The van der Waals surface area contributed by atoms with Crippen LogP contribution in [0.3, 0.4) is 0 Å². The van der Waals surface area contributed by atoms with Crippen molar-refractivity contribution in [2.45, 2.75) is 6.54 Å². The van der Waals surface area contributed by atoms with Gasteiger partial charge in [0.1, 0.15) is 6.54 Å². The second-order valence-electron chi connectivity index (χ2n) is 6.61. The lowest BCUT2D eigenvalue weighted by Crippen LogP contribution is -2.38. The van der Waals surface area contributed by atoms with Gasteiger partial charge in [-0.3, -0.25) is 14.4 Å². The molecule has 1 aromatic carbocycles. The standard InChI is InChI=1S/C20H24N4O4/c1-22(20(27)15-24-9-3-2-4-19(24)26)14-18(25)21-16-5-7-17(8-6-16)23-10-12-28-13-11-23/h2-9H,10-15H2,1H3,(H,21,25). The van der Waals surface area contributed by atoms with E-state index in [-0.39, 0.29) is 30.5 Å². The van der Waals surface area contributed by atoms with Crippen LogP contribution in [0.15, 0.2) is 53.5 Å². The molecule has 1 aliphatic rings. The zero-order valence-corrected chi connectivity index (χ0v) is 15.8. The first-order chi connectivity index (χ1) is 13.5. The number of anilines is 2. The number of morpholine rings is 1. The summed E-state index contributed by atoms with van der Waals surface area (Å²) in [7, 11) is 1.54. The molecule has 0 aliphatic carbocycles. The van der Waals surface area contributed by atoms with E-state index < -0.39 is 0 Å². The Hall–Kier alpha value is -3.13. The molecule has 148 valence electrons. The van der Waals surface area contributed by atoms with E-state index in [1.807, 2.05) is 24.3 Å². The summed E-state index contributed by atoms with van der Waals surface area (Å²) in [5.41, 5.74) is 1.50. The van der Waals surface area contributed by atoms with Gasteiger partial charge in [0.25, 0.3) is 5.56 Å². The molecule has 0 atom stereocenters. The normalized spacial score (nSPS) is 13.8. The highest BCUT2D eigenvalue weighted by Crippen LogP contribution is 2.19. The summed E-state index contributed by atoms with van der Waals surface area (Å²) >= 11 is 0. The van der Waals surface area contributed by atoms with Crippen LogP contribution in [0.1, 0.15) is 0 Å². The van der Waals surface area contributed by atoms with Crippen molar-refractivity contribution in [3.05, 3.63) is 59.0 Å². The molecular formula is C20H24N4O4. The van der Waals surface area contributed by atoms with Gasteiger partial charge in [-0.2, -0.15) is 0 Å². The Morgan fingerprint density at radius 3 is 2.50 bits per heavy atom. The summed E-state index contributed by atoms with van der Waals surface area (Å²) in [6.07, 6.45) is 1.55. The molecule has 0 bridgehead atoms. The number of pyridine rings is 1. The Balaban J connectivity index is 1.51. The second-order valence-corrected chi connectivity index (χ2v) is 6.61.